The number of carbonyl (C=O) groups excluding carboxylic acids is 3. The Morgan fingerprint density at radius 2 is 2.00 bits per heavy atom. The normalized spacial score (nSPS) is 22.0. The summed E-state index contributed by atoms with van der Waals surface area (Å²) in [7, 11) is 0. The Labute approximate surface area is 219 Å². The fraction of sp³-hybridized carbons (Fsp3) is 0.583. The minimum atomic E-state index is -0.855. The van der Waals surface area contributed by atoms with E-state index in [9.17, 15) is 24.6 Å². The van der Waals surface area contributed by atoms with Gasteiger partial charge in [-0.1, -0.05) is 32.5 Å². The molecule has 198 valence electrons. The Hall–Kier alpha value is -2.41. The molecule has 3 heterocycles. The number of thioether (sulfide) groups is 1. The molecular weight excluding hydrogens is 506 g/mol. The van der Waals surface area contributed by atoms with Crippen molar-refractivity contribution in [1.29, 1.82) is 0 Å². The number of rotatable bonds is 12. The van der Waals surface area contributed by atoms with E-state index < -0.39 is 30.9 Å². The van der Waals surface area contributed by atoms with Gasteiger partial charge in [-0.15, -0.1) is 11.3 Å². The zero-order chi connectivity index (χ0) is 26.4. The van der Waals surface area contributed by atoms with Crippen molar-refractivity contribution >= 4 is 47.1 Å². The first kappa shape index (κ1) is 28.2. The highest BCUT2D eigenvalue weighted by Gasteiger charge is 2.60. The number of hydrogen-bond acceptors (Lipinski definition) is 10. The van der Waals surface area contributed by atoms with Crippen molar-refractivity contribution in [3.8, 4) is 0 Å². The van der Waals surface area contributed by atoms with Crippen LogP contribution in [0, 0.1) is 11.8 Å². The van der Waals surface area contributed by atoms with Gasteiger partial charge in [0.25, 0.3) is 0 Å². The third-order valence-corrected chi connectivity index (χ3v) is 8.08. The number of esters is 1. The SMILES string of the molecule is CCCN(CCC)C(=O)OCOC(=O)C1=C(SC=Cc2scnc2CO)[C@H](C)[C@@H]2[C@@H]([C@@H](C)O)C(=O)N12. The molecule has 10 nitrogen and oxygen atoms in total. The van der Waals surface area contributed by atoms with Gasteiger partial charge in [0.05, 0.1) is 40.8 Å². The fourth-order valence-corrected chi connectivity index (χ4v) is 6.28. The summed E-state index contributed by atoms with van der Waals surface area (Å²) in [4.78, 5) is 46.7. The van der Waals surface area contributed by atoms with Gasteiger partial charge in [-0.2, -0.15) is 0 Å². The monoisotopic (exact) mass is 539 g/mol. The molecule has 0 radical (unpaired) electrons. The van der Waals surface area contributed by atoms with E-state index >= 15 is 0 Å². The molecule has 0 bridgehead atoms. The van der Waals surface area contributed by atoms with E-state index in [1.807, 2.05) is 20.8 Å². The molecule has 2 aliphatic rings. The summed E-state index contributed by atoms with van der Waals surface area (Å²) < 4.78 is 10.4. The smallest absolute Gasteiger partial charge is 0.412 e. The maximum atomic E-state index is 13.1. The first-order chi connectivity index (χ1) is 17.3. The van der Waals surface area contributed by atoms with Crippen LogP contribution in [0.3, 0.4) is 0 Å². The van der Waals surface area contributed by atoms with E-state index in [4.69, 9.17) is 9.47 Å². The number of fused-ring (bicyclic) bond motifs is 1. The van der Waals surface area contributed by atoms with Crippen molar-refractivity contribution in [2.75, 3.05) is 19.9 Å². The van der Waals surface area contributed by atoms with Crippen LogP contribution < -0.4 is 0 Å². The van der Waals surface area contributed by atoms with Gasteiger partial charge in [-0.25, -0.2) is 14.6 Å². The molecule has 2 amide bonds. The average molecular weight is 540 g/mol. The minimum Gasteiger partial charge on any atom is -0.423 e. The second-order valence-electron chi connectivity index (χ2n) is 8.66. The molecule has 4 atom stereocenters. The zero-order valence-corrected chi connectivity index (χ0v) is 22.5. The van der Waals surface area contributed by atoms with Crippen molar-refractivity contribution in [3.63, 3.8) is 0 Å². The maximum Gasteiger partial charge on any atom is 0.412 e. The number of nitrogens with zero attached hydrogens (tertiary/aromatic N) is 3. The molecule has 0 spiro atoms. The van der Waals surface area contributed by atoms with Crippen LogP contribution in [0.15, 0.2) is 21.5 Å². The quantitative estimate of drug-likeness (QED) is 0.234. The lowest BCUT2D eigenvalue weighted by Gasteiger charge is -2.46. The molecule has 0 aromatic carbocycles. The van der Waals surface area contributed by atoms with Crippen molar-refractivity contribution in [3.05, 3.63) is 32.1 Å². The van der Waals surface area contributed by atoms with Gasteiger partial charge in [0, 0.05) is 23.9 Å². The Bertz CT molecular complexity index is 1020. The summed E-state index contributed by atoms with van der Waals surface area (Å²) in [6, 6.07) is -0.362. The predicted molar refractivity (Wildman–Crippen MR) is 136 cm³/mol. The van der Waals surface area contributed by atoms with E-state index in [-0.39, 0.29) is 30.2 Å². The molecule has 12 heteroatoms. The first-order valence-corrected chi connectivity index (χ1v) is 13.7. The highest BCUT2D eigenvalue weighted by Crippen LogP contribution is 2.51. The lowest BCUT2D eigenvalue weighted by molar-refractivity contribution is -0.166. The van der Waals surface area contributed by atoms with Crippen molar-refractivity contribution in [2.45, 2.75) is 59.3 Å². The summed E-state index contributed by atoms with van der Waals surface area (Å²) in [5.74, 6) is -1.93. The van der Waals surface area contributed by atoms with Crippen LogP contribution in [0.2, 0.25) is 0 Å². The number of amides is 2. The van der Waals surface area contributed by atoms with Gasteiger partial charge in [-0.3, -0.25) is 4.79 Å². The molecule has 1 fully saturated rings. The zero-order valence-electron chi connectivity index (χ0n) is 20.9. The van der Waals surface area contributed by atoms with Crippen LogP contribution >= 0.6 is 23.1 Å². The highest BCUT2D eigenvalue weighted by molar-refractivity contribution is 8.06. The average Bonchev–Trinajstić information content (AvgIpc) is 3.39. The lowest BCUT2D eigenvalue weighted by Crippen LogP contribution is -2.63. The summed E-state index contributed by atoms with van der Waals surface area (Å²) in [5.41, 5.74) is 2.29. The number of hydrogen-bond donors (Lipinski definition) is 2. The van der Waals surface area contributed by atoms with Crippen molar-refractivity contribution in [1.82, 2.24) is 14.8 Å². The van der Waals surface area contributed by atoms with Crippen LogP contribution in [-0.2, 0) is 25.7 Å². The number of thiazole rings is 1. The summed E-state index contributed by atoms with van der Waals surface area (Å²) in [6.07, 6.45) is 1.93. The van der Waals surface area contributed by atoms with Gasteiger partial charge in [-0.05, 0) is 31.2 Å². The number of ether oxygens (including phenoxy) is 2. The number of carbonyl (C=O) groups is 3. The second kappa shape index (κ2) is 12.7. The maximum absolute atomic E-state index is 13.1. The Morgan fingerprint density at radius 3 is 2.61 bits per heavy atom. The molecule has 1 aromatic rings. The van der Waals surface area contributed by atoms with Gasteiger partial charge >= 0.3 is 12.1 Å². The van der Waals surface area contributed by atoms with Gasteiger partial charge in [0.1, 0.15) is 5.70 Å². The molecule has 2 aliphatic heterocycles. The highest BCUT2D eigenvalue weighted by atomic mass is 32.2. The third-order valence-electron chi connectivity index (χ3n) is 6.16. The molecule has 36 heavy (non-hydrogen) atoms. The molecule has 2 N–H and O–H groups in total. The largest absolute Gasteiger partial charge is 0.423 e. The van der Waals surface area contributed by atoms with Crippen LogP contribution in [-0.4, -0.2) is 75.0 Å². The molecule has 3 rings (SSSR count). The summed E-state index contributed by atoms with van der Waals surface area (Å²) in [5, 5.41) is 21.3. The molecule has 1 aromatic heterocycles. The molecular formula is C24H33N3O7S2. The Balaban J connectivity index is 1.75. The third kappa shape index (κ3) is 5.77. The van der Waals surface area contributed by atoms with Crippen LogP contribution in [0.5, 0.6) is 0 Å². The van der Waals surface area contributed by atoms with Crippen molar-refractivity contribution < 1.29 is 34.1 Å². The number of aliphatic hydroxyl groups excluding tert-OH is 2. The Kier molecular flexibility index (Phi) is 9.94. The van der Waals surface area contributed by atoms with E-state index in [0.29, 0.717) is 23.7 Å². The van der Waals surface area contributed by atoms with E-state index in [1.165, 1.54) is 28.0 Å². The molecule has 0 aliphatic carbocycles. The van der Waals surface area contributed by atoms with E-state index in [1.54, 1.807) is 28.8 Å². The van der Waals surface area contributed by atoms with Crippen LogP contribution in [0.1, 0.15) is 51.1 Å². The first-order valence-electron chi connectivity index (χ1n) is 12.0. The molecule has 0 saturated carbocycles. The van der Waals surface area contributed by atoms with Gasteiger partial charge in [0.2, 0.25) is 12.7 Å². The van der Waals surface area contributed by atoms with E-state index in [0.717, 1.165) is 17.7 Å². The van der Waals surface area contributed by atoms with E-state index in [2.05, 4.69) is 4.98 Å². The standard InChI is InChI=1S/C24H33N3O7S2/c1-5-8-26(9-6-2)24(32)34-13-33-23(31)20-21(35-10-7-17-16(11-28)25-12-36-17)14(3)19-18(15(4)29)22(30)27(19)20/h7,10,12,14-15,18-19,28-29H,5-6,8-9,11,13H2,1-4H3/t14-,15-,18-,19-/m1/s1. The second-order valence-corrected chi connectivity index (χ2v) is 10.5. The summed E-state index contributed by atoms with van der Waals surface area (Å²) in [6.45, 7) is 7.70. The fourth-order valence-electron chi connectivity index (χ4n) is 4.50. The van der Waals surface area contributed by atoms with Crippen molar-refractivity contribution in [2.24, 2.45) is 11.8 Å². The van der Waals surface area contributed by atoms with Gasteiger partial charge in [0.15, 0.2) is 0 Å². The molecule has 0 unspecified atom stereocenters. The minimum absolute atomic E-state index is 0.103. The topological polar surface area (TPSA) is 130 Å². The number of aromatic nitrogens is 1. The lowest BCUT2D eigenvalue weighted by atomic mass is 9.79. The predicted octanol–water partition coefficient (Wildman–Crippen LogP) is 3.17. The molecule has 1 saturated heterocycles. The summed E-state index contributed by atoms with van der Waals surface area (Å²) >= 11 is 2.65. The van der Waals surface area contributed by atoms with Gasteiger partial charge < -0.3 is 29.5 Å². The number of β-lactam (4-membered cyclic amide) rings is 1. The van der Waals surface area contributed by atoms with Crippen LogP contribution in [0.4, 0.5) is 4.79 Å². The van der Waals surface area contributed by atoms with Crippen LogP contribution in [0.25, 0.3) is 6.08 Å². The Morgan fingerprint density at radius 1 is 1.31 bits per heavy atom. The number of aliphatic hydroxyl groups is 2.